The number of hydrogen-bond acceptors (Lipinski definition) is 6. The van der Waals surface area contributed by atoms with Crippen LogP contribution in [0.2, 0.25) is 0 Å². The van der Waals surface area contributed by atoms with Crippen LogP contribution in [0.1, 0.15) is 64.9 Å². The fourth-order valence-corrected chi connectivity index (χ4v) is 4.21. The highest BCUT2D eigenvalue weighted by atomic mass is 16.6. The van der Waals surface area contributed by atoms with Gasteiger partial charge in [-0.2, -0.15) is 0 Å². The molecule has 0 N–H and O–H groups in total. The molecule has 1 heterocycles. The van der Waals surface area contributed by atoms with Crippen molar-refractivity contribution in [1.29, 1.82) is 0 Å². The van der Waals surface area contributed by atoms with Gasteiger partial charge in [0.05, 0.1) is 33.3 Å². The van der Waals surface area contributed by atoms with Crippen LogP contribution in [0.4, 0.5) is 4.79 Å². The van der Waals surface area contributed by atoms with E-state index in [9.17, 15) is 9.59 Å². The summed E-state index contributed by atoms with van der Waals surface area (Å²) in [6.07, 6.45) is 3.52. The fourth-order valence-electron chi connectivity index (χ4n) is 4.21. The monoisotopic (exact) mass is 435 g/mol. The summed E-state index contributed by atoms with van der Waals surface area (Å²) in [5.41, 5.74) is 0.741. The van der Waals surface area contributed by atoms with E-state index in [1.165, 1.54) is 4.90 Å². The third kappa shape index (κ3) is 5.43. The van der Waals surface area contributed by atoms with Crippen molar-refractivity contribution >= 4 is 12.0 Å². The maximum atomic E-state index is 13.8. The summed E-state index contributed by atoms with van der Waals surface area (Å²) < 4.78 is 21.7. The van der Waals surface area contributed by atoms with E-state index in [2.05, 4.69) is 13.8 Å². The number of amides is 2. The van der Waals surface area contributed by atoms with Crippen molar-refractivity contribution in [2.24, 2.45) is 11.8 Å². The van der Waals surface area contributed by atoms with Gasteiger partial charge in [0.1, 0.15) is 6.61 Å². The Kier molecular flexibility index (Phi) is 9.01. The molecule has 1 fully saturated rings. The second kappa shape index (κ2) is 11.3. The molecule has 174 valence electrons. The molecule has 2 amide bonds. The predicted molar refractivity (Wildman–Crippen MR) is 119 cm³/mol. The molecule has 0 saturated carbocycles. The van der Waals surface area contributed by atoms with Crippen LogP contribution >= 0.6 is 0 Å². The van der Waals surface area contributed by atoms with E-state index in [0.717, 1.165) is 31.2 Å². The van der Waals surface area contributed by atoms with Crippen molar-refractivity contribution < 1.29 is 28.5 Å². The number of unbranched alkanes of at least 4 members (excludes halogenated alkanes) is 2. The molecule has 0 spiro atoms. The Hall–Kier alpha value is -2.44. The minimum absolute atomic E-state index is 0.0167. The van der Waals surface area contributed by atoms with Crippen LogP contribution < -0.4 is 14.2 Å². The van der Waals surface area contributed by atoms with E-state index in [0.29, 0.717) is 17.2 Å². The van der Waals surface area contributed by atoms with Crippen molar-refractivity contribution in [2.45, 2.75) is 65.3 Å². The maximum absolute atomic E-state index is 13.8. The highest BCUT2D eigenvalue weighted by Crippen LogP contribution is 2.43. The molecular weight excluding hydrogens is 398 g/mol. The third-order valence-corrected chi connectivity index (χ3v) is 6.06. The van der Waals surface area contributed by atoms with Gasteiger partial charge in [0.15, 0.2) is 11.5 Å². The number of carbonyl (C=O) groups excluding carboxylic acids is 2. The van der Waals surface area contributed by atoms with Crippen molar-refractivity contribution in [3.8, 4) is 17.2 Å². The van der Waals surface area contributed by atoms with Crippen molar-refractivity contribution in [1.82, 2.24) is 4.90 Å². The average Bonchev–Trinajstić information content (AvgIpc) is 3.14. The predicted octanol–water partition coefficient (Wildman–Crippen LogP) is 5.02. The molecule has 1 aliphatic rings. The third-order valence-electron chi connectivity index (χ3n) is 6.06. The van der Waals surface area contributed by atoms with Gasteiger partial charge in [-0.25, -0.2) is 9.69 Å². The van der Waals surface area contributed by atoms with Gasteiger partial charge >= 0.3 is 6.09 Å². The number of benzene rings is 1. The lowest BCUT2D eigenvalue weighted by atomic mass is 9.82. The quantitative estimate of drug-likeness (QED) is 0.455. The lowest BCUT2D eigenvalue weighted by molar-refractivity contribution is -0.132. The standard InChI is InChI=1S/C24H37NO6/c1-8-9-10-11-16(4)21(23(26)25-18(15(2)3)14-31-24(25)27)17-12-19(28-5)22(30-7)20(13-17)29-6/h12-13,15-16,18,21H,8-11,14H2,1-7H3/t16-,18-,21+/m1/s1. The Bertz CT molecular complexity index is 737. The Balaban J connectivity index is 2.53. The number of ether oxygens (including phenoxy) is 4. The van der Waals surface area contributed by atoms with Crippen LogP contribution in [0.5, 0.6) is 17.2 Å². The van der Waals surface area contributed by atoms with Crippen LogP contribution in [0, 0.1) is 11.8 Å². The average molecular weight is 436 g/mol. The SMILES string of the molecule is CCCCC[C@@H](C)[C@H](C(=O)N1C(=O)OC[C@@H]1C(C)C)c1cc(OC)c(OC)c(OC)c1. The van der Waals surface area contributed by atoms with Gasteiger partial charge in [0.25, 0.3) is 0 Å². The molecule has 31 heavy (non-hydrogen) atoms. The molecular formula is C24H37NO6. The Morgan fingerprint density at radius 2 is 1.71 bits per heavy atom. The first-order chi connectivity index (χ1) is 14.8. The van der Waals surface area contributed by atoms with Crippen LogP contribution in [0.25, 0.3) is 0 Å². The zero-order chi connectivity index (χ0) is 23.1. The molecule has 0 unspecified atom stereocenters. The Morgan fingerprint density at radius 3 is 2.19 bits per heavy atom. The van der Waals surface area contributed by atoms with Crippen LogP contribution in [0.15, 0.2) is 12.1 Å². The number of methoxy groups -OCH3 is 3. The largest absolute Gasteiger partial charge is 0.493 e. The molecule has 1 saturated heterocycles. The van der Waals surface area contributed by atoms with Gasteiger partial charge < -0.3 is 18.9 Å². The van der Waals surface area contributed by atoms with E-state index >= 15 is 0 Å². The number of nitrogens with zero attached hydrogens (tertiary/aromatic N) is 1. The summed E-state index contributed by atoms with van der Waals surface area (Å²) >= 11 is 0. The highest BCUT2D eigenvalue weighted by Gasteiger charge is 2.44. The molecule has 1 aromatic rings. The second-order valence-corrected chi connectivity index (χ2v) is 8.51. The fraction of sp³-hybridized carbons (Fsp3) is 0.667. The Labute approximate surface area is 186 Å². The molecule has 0 bridgehead atoms. The number of carbonyl (C=O) groups is 2. The highest BCUT2D eigenvalue weighted by molar-refractivity contribution is 5.97. The lowest BCUT2D eigenvalue weighted by Crippen LogP contribution is -2.45. The van der Waals surface area contributed by atoms with E-state index in [1.54, 1.807) is 21.3 Å². The molecule has 0 aromatic heterocycles. The minimum Gasteiger partial charge on any atom is -0.493 e. The van der Waals surface area contributed by atoms with Crippen LogP contribution in [0.3, 0.4) is 0 Å². The van der Waals surface area contributed by atoms with E-state index in [4.69, 9.17) is 18.9 Å². The summed E-state index contributed by atoms with van der Waals surface area (Å²) in [7, 11) is 4.65. The molecule has 2 rings (SSSR count). The lowest BCUT2D eigenvalue weighted by Gasteiger charge is -2.31. The molecule has 7 heteroatoms. The number of imide groups is 1. The number of hydrogen-bond donors (Lipinski definition) is 0. The molecule has 3 atom stereocenters. The zero-order valence-corrected chi connectivity index (χ0v) is 19.9. The summed E-state index contributed by atoms with van der Waals surface area (Å²) in [5.74, 6) is 0.797. The van der Waals surface area contributed by atoms with Gasteiger partial charge in [0, 0.05) is 0 Å². The van der Waals surface area contributed by atoms with Gasteiger partial charge in [-0.3, -0.25) is 4.79 Å². The van der Waals surface area contributed by atoms with Gasteiger partial charge in [-0.1, -0.05) is 47.0 Å². The number of cyclic esters (lactones) is 1. The van der Waals surface area contributed by atoms with Crippen molar-refractivity contribution in [3.05, 3.63) is 17.7 Å². The molecule has 1 aromatic carbocycles. The smallest absolute Gasteiger partial charge is 0.417 e. The van der Waals surface area contributed by atoms with E-state index in [-0.39, 0.29) is 30.4 Å². The molecule has 0 aliphatic carbocycles. The van der Waals surface area contributed by atoms with E-state index in [1.807, 2.05) is 26.0 Å². The normalized spacial score (nSPS) is 18.0. The summed E-state index contributed by atoms with van der Waals surface area (Å²) in [6.45, 7) is 8.43. The molecule has 0 radical (unpaired) electrons. The topological polar surface area (TPSA) is 74.3 Å². The summed E-state index contributed by atoms with van der Waals surface area (Å²) in [4.78, 5) is 27.6. The first-order valence-electron chi connectivity index (χ1n) is 11.1. The Morgan fingerprint density at radius 1 is 1.10 bits per heavy atom. The molecule has 1 aliphatic heterocycles. The first kappa shape index (κ1) is 24.8. The zero-order valence-electron chi connectivity index (χ0n) is 19.9. The maximum Gasteiger partial charge on any atom is 0.417 e. The van der Waals surface area contributed by atoms with Gasteiger partial charge in [-0.15, -0.1) is 0 Å². The molecule has 7 nitrogen and oxygen atoms in total. The van der Waals surface area contributed by atoms with Gasteiger partial charge in [-0.05, 0) is 36.0 Å². The van der Waals surface area contributed by atoms with Crippen molar-refractivity contribution in [3.63, 3.8) is 0 Å². The summed E-state index contributed by atoms with van der Waals surface area (Å²) in [6, 6.07) is 3.35. The van der Waals surface area contributed by atoms with Gasteiger partial charge in [0.2, 0.25) is 11.7 Å². The first-order valence-corrected chi connectivity index (χ1v) is 11.1. The minimum atomic E-state index is -0.568. The number of rotatable bonds is 11. The van der Waals surface area contributed by atoms with E-state index < -0.39 is 12.0 Å². The van der Waals surface area contributed by atoms with Crippen LogP contribution in [-0.2, 0) is 9.53 Å². The van der Waals surface area contributed by atoms with Crippen LogP contribution in [-0.4, -0.2) is 50.9 Å². The summed E-state index contributed by atoms with van der Waals surface area (Å²) in [5, 5.41) is 0. The van der Waals surface area contributed by atoms with Crippen molar-refractivity contribution in [2.75, 3.05) is 27.9 Å². The second-order valence-electron chi connectivity index (χ2n) is 8.51.